The second-order valence-corrected chi connectivity index (χ2v) is 5.39. The molecule has 0 unspecified atom stereocenters. The predicted octanol–water partition coefficient (Wildman–Crippen LogP) is 3.68. The molecule has 0 aliphatic rings. The third-order valence-electron chi connectivity index (χ3n) is 3.34. The highest BCUT2D eigenvalue weighted by molar-refractivity contribution is 5.90. The highest BCUT2D eigenvalue weighted by atomic mass is 16.5. The number of amides is 1. The summed E-state index contributed by atoms with van der Waals surface area (Å²) in [7, 11) is 0. The molecule has 2 rings (SSSR count). The highest BCUT2D eigenvalue weighted by Crippen LogP contribution is 2.19. The predicted molar refractivity (Wildman–Crippen MR) is 90.1 cm³/mol. The summed E-state index contributed by atoms with van der Waals surface area (Å²) >= 11 is 0. The quantitative estimate of drug-likeness (QED) is 0.631. The van der Waals surface area contributed by atoms with E-state index in [-0.39, 0.29) is 5.91 Å². The summed E-state index contributed by atoms with van der Waals surface area (Å²) in [6, 6.07) is 13.2. The molecule has 2 aromatic rings. The molecular formula is C18H22N2O2. The Morgan fingerprint density at radius 1 is 1.14 bits per heavy atom. The molecule has 22 heavy (non-hydrogen) atoms. The number of nitrogens with two attached hydrogens (primary N) is 1. The van der Waals surface area contributed by atoms with Gasteiger partial charge in [0.2, 0.25) is 5.91 Å². The zero-order valence-corrected chi connectivity index (χ0v) is 13.1. The van der Waals surface area contributed by atoms with E-state index < -0.39 is 0 Å². The van der Waals surface area contributed by atoms with E-state index in [4.69, 9.17) is 10.5 Å². The van der Waals surface area contributed by atoms with Crippen molar-refractivity contribution in [2.24, 2.45) is 0 Å². The van der Waals surface area contributed by atoms with Crippen molar-refractivity contribution < 1.29 is 9.53 Å². The molecule has 116 valence electrons. The molecule has 0 saturated carbocycles. The number of hydrogen-bond donors (Lipinski definition) is 2. The third kappa shape index (κ3) is 4.81. The van der Waals surface area contributed by atoms with Crippen LogP contribution in [0.1, 0.15) is 24.0 Å². The molecule has 0 fully saturated rings. The number of hydrogen-bond acceptors (Lipinski definition) is 3. The Labute approximate surface area is 131 Å². The first-order valence-corrected chi connectivity index (χ1v) is 7.40. The summed E-state index contributed by atoms with van der Waals surface area (Å²) in [6.45, 7) is 4.58. The number of ether oxygens (including phenoxy) is 1. The van der Waals surface area contributed by atoms with E-state index in [0.717, 1.165) is 17.0 Å². The number of benzene rings is 2. The summed E-state index contributed by atoms with van der Waals surface area (Å²) in [5.74, 6) is 0.869. The van der Waals surface area contributed by atoms with Crippen LogP contribution in [0.2, 0.25) is 0 Å². The van der Waals surface area contributed by atoms with Crippen molar-refractivity contribution in [3.05, 3.63) is 53.6 Å². The van der Waals surface area contributed by atoms with Crippen molar-refractivity contribution in [2.45, 2.75) is 26.7 Å². The Morgan fingerprint density at radius 2 is 1.86 bits per heavy atom. The lowest BCUT2D eigenvalue weighted by atomic mass is 10.1. The average molecular weight is 298 g/mol. The maximum absolute atomic E-state index is 11.8. The average Bonchev–Trinajstić information content (AvgIpc) is 2.49. The van der Waals surface area contributed by atoms with Gasteiger partial charge in [0.25, 0.3) is 0 Å². The second-order valence-electron chi connectivity index (χ2n) is 5.39. The van der Waals surface area contributed by atoms with Gasteiger partial charge in [0.15, 0.2) is 0 Å². The standard InChI is InChI=1S/C18H22N2O2/c1-13-5-6-14(2)17(12-13)22-11-3-4-18(21)20-16-9-7-15(19)8-10-16/h5-10,12H,3-4,11,19H2,1-2H3,(H,20,21). The SMILES string of the molecule is Cc1ccc(C)c(OCCCC(=O)Nc2ccc(N)cc2)c1. The van der Waals surface area contributed by atoms with Crippen LogP contribution in [0, 0.1) is 13.8 Å². The Kier molecular flexibility index (Phi) is 5.42. The highest BCUT2D eigenvalue weighted by Gasteiger charge is 2.04. The van der Waals surface area contributed by atoms with Gasteiger partial charge in [-0.25, -0.2) is 0 Å². The van der Waals surface area contributed by atoms with Gasteiger partial charge in [0.1, 0.15) is 5.75 Å². The van der Waals surface area contributed by atoms with E-state index >= 15 is 0 Å². The van der Waals surface area contributed by atoms with Crippen molar-refractivity contribution in [3.63, 3.8) is 0 Å². The lowest BCUT2D eigenvalue weighted by molar-refractivity contribution is -0.116. The van der Waals surface area contributed by atoms with Crippen LogP contribution in [0.25, 0.3) is 0 Å². The summed E-state index contributed by atoms with van der Waals surface area (Å²) in [6.07, 6.45) is 1.10. The summed E-state index contributed by atoms with van der Waals surface area (Å²) in [4.78, 5) is 11.8. The van der Waals surface area contributed by atoms with Crippen LogP contribution < -0.4 is 15.8 Å². The van der Waals surface area contributed by atoms with Crippen LogP contribution in [0.15, 0.2) is 42.5 Å². The molecule has 0 atom stereocenters. The van der Waals surface area contributed by atoms with Gasteiger partial charge in [-0.15, -0.1) is 0 Å². The van der Waals surface area contributed by atoms with Crippen molar-refractivity contribution in [2.75, 3.05) is 17.7 Å². The Morgan fingerprint density at radius 3 is 2.59 bits per heavy atom. The zero-order valence-electron chi connectivity index (χ0n) is 13.1. The normalized spacial score (nSPS) is 10.3. The molecule has 0 heterocycles. The van der Waals surface area contributed by atoms with Crippen molar-refractivity contribution in [3.8, 4) is 5.75 Å². The number of anilines is 2. The maximum atomic E-state index is 11.8. The van der Waals surface area contributed by atoms with Gasteiger partial charge < -0.3 is 15.8 Å². The van der Waals surface area contributed by atoms with Gasteiger partial charge in [-0.1, -0.05) is 12.1 Å². The first-order chi connectivity index (χ1) is 10.5. The molecule has 0 saturated heterocycles. The van der Waals surface area contributed by atoms with Crippen LogP contribution in [0.3, 0.4) is 0 Å². The van der Waals surface area contributed by atoms with Crippen molar-refractivity contribution >= 4 is 17.3 Å². The minimum Gasteiger partial charge on any atom is -0.493 e. The third-order valence-corrected chi connectivity index (χ3v) is 3.34. The molecule has 3 N–H and O–H groups in total. The van der Waals surface area contributed by atoms with E-state index in [1.807, 2.05) is 26.0 Å². The first kappa shape index (κ1) is 15.9. The fraction of sp³-hybridized carbons (Fsp3) is 0.278. The van der Waals surface area contributed by atoms with Crippen molar-refractivity contribution in [1.29, 1.82) is 0 Å². The Hall–Kier alpha value is -2.49. The van der Waals surface area contributed by atoms with E-state index in [0.29, 0.717) is 25.1 Å². The molecule has 0 aromatic heterocycles. The lowest BCUT2D eigenvalue weighted by Gasteiger charge is -2.10. The minimum absolute atomic E-state index is 0.0191. The van der Waals surface area contributed by atoms with Crippen LogP contribution in [0.4, 0.5) is 11.4 Å². The maximum Gasteiger partial charge on any atom is 0.224 e. The van der Waals surface area contributed by atoms with E-state index in [1.54, 1.807) is 24.3 Å². The molecule has 1 amide bonds. The van der Waals surface area contributed by atoms with Gasteiger partial charge in [-0.3, -0.25) is 4.79 Å². The number of aryl methyl sites for hydroxylation is 2. The molecule has 4 heteroatoms. The van der Waals surface area contributed by atoms with Gasteiger partial charge in [-0.2, -0.15) is 0 Å². The fourth-order valence-corrected chi connectivity index (χ4v) is 2.07. The second kappa shape index (κ2) is 7.50. The van der Waals surface area contributed by atoms with E-state index in [1.165, 1.54) is 5.56 Å². The summed E-state index contributed by atoms with van der Waals surface area (Å²) in [5.41, 5.74) is 9.32. The first-order valence-electron chi connectivity index (χ1n) is 7.40. The van der Waals surface area contributed by atoms with Gasteiger partial charge >= 0.3 is 0 Å². The molecule has 0 radical (unpaired) electrons. The van der Waals surface area contributed by atoms with E-state index in [2.05, 4.69) is 11.4 Å². The van der Waals surface area contributed by atoms with Gasteiger partial charge in [-0.05, 0) is 61.7 Å². The fourth-order valence-electron chi connectivity index (χ4n) is 2.07. The zero-order chi connectivity index (χ0) is 15.9. The monoisotopic (exact) mass is 298 g/mol. The molecule has 4 nitrogen and oxygen atoms in total. The number of rotatable bonds is 6. The molecule has 0 spiro atoms. The topological polar surface area (TPSA) is 64.3 Å². The van der Waals surface area contributed by atoms with Gasteiger partial charge in [0.05, 0.1) is 6.61 Å². The number of carbonyl (C=O) groups excluding carboxylic acids is 1. The largest absolute Gasteiger partial charge is 0.493 e. The summed E-state index contributed by atoms with van der Waals surface area (Å²) < 4.78 is 5.74. The molecule has 2 aromatic carbocycles. The van der Waals surface area contributed by atoms with Crippen molar-refractivity contribution in [1.82, 2.24) is 0 Å². The molecule has 0 bridgehead atoms. The number of nitrogen functional groups attached to an aromatic ring is 1. The van der Waals surface area contributed by atoms with Crippen LogP contribution >= 0.6 is 0 Å². The number of carbonyl (C=O) groups is 1. The molecule has 0 aliphatic heterocycles. The Balaban J connectivity index is 1.73. The molecular weight excluding hydrogens is 276 g/mol. The van der Waals surface area contributed by atoms with E-state index in [9.17, 15) is 4.79 Å². The molecule has 0 aliphatic carbocycles. The minimum atomic E-state index is -0.0191. The Bertz CT molecular complexity index is 636. The summed E-state index contributed by atoms with van der Waals surface area (Å²) in [5, 5.41) is 2.84. The van der Waals surface area contributed by atoms with Crippen LogP contribution in [-0.4, -0.2) is 12.5 Å². The smallest absolute Gasteiger partial charge is 0.224 e. The van der Waals surface area contributed by atoms with Crippen LogP contribution in [-0.2, 0) is 4.79 Å². The van der Waals surface area contributed by atoms with Crippen LogP contribution in [0.5, 0.6) is 5.75 Å². The lowest BCUT2D eigenvalue weighted by Crippen LogP contribution is -2.12. The van der Waals surface area contributed by atoms with Gasteiger partial charge in [0, 0.05) is 17.8 Å². The number of nitrogens with one attached hydrogen (secondary N) is 1.